The third-order valence-corrected chi connectivity index (χ3v) is 3.06. The van der Waals surface area contributed by atoms with Crippen molar-refractivity contribution >= 4 is 5.91 Å². The van der Waals surface area contributed by atoms with Crippen molar-refractivity contribution in [1.82, 2.24) is 5.32 Å². The highest BCUT2D eigenvalue weighted by Gasteiger charge is 2.12. The minimum atomic E-state index is -0.0533. The number of benzene rings is 1. The van der Waals surface area contributed by atoms with Crippen molar-refractivity contribution in [2.24, 2.45) is 0 Å². The Kier molecular flexibility index (Phi) is 4.39. The molecule has 0 aliphatic heterocycles. The summed E-state index contributed by atoms with van der Waals surface area (Å²) < 4.78 is 5.35. The quantitative estimate of drug-likeness (QED) is 0.835. The fraction of sp³-hybridized carbons (Fsp3) is 0.312. The monoisotopic (exact) mass is 257 g/mol. The average Bonchev–Trinajstić information content (AvgIpc) is 2.75. The van der Waals surface area contributed by atoms with Crippen LogP contribution in [0, 0.1) is 13.8 Å². The molecule has 2 rings (SSSR count). The molecule has 2 aromatic rings. The standard InChI is InChI=1S/C16H19NO2/c1-12-11-15(13(2)19-12)16(18)17-10-6-9-14-7-4-3-5-8-14/h3-5,7-8,11H,6,9-10H2,1-2H3,(H,17,18). The van der Waals surface area contributed by atoms with Crippen LogP contribution in [0.3, 0.4) is 0 Å². The Bertz CT molecular complexity index is 543. The molecule has 0 radical (unpaired) electrons. The van der Waals surface area contributed by atoms with Crippen LogP contribution in [0.25, 0.3) is 0 Å². The van der Waals surface area contributed by atoms with E-state index in [1.54, 1.807) is 6.07 Å². The second-order valence-electron chi connectivity index (χ2n) is 4.67. The molecule has 0 saturated heterocycles. The van der Waals surface area contributed by atoms with Gasteiger partial charge in [0, 0.05) is 6.54 Å². The summed E-state index contributed by atoms with van der Waals surface area (Å²) in [4.78, 5) is 11.9. The number of nitrogens with one attached hydrogen (secondary N) is 1. The molecule has 3 heteroatoms. The second-order valence-corrected chi connectivity index (χ2v) is 4.67. The van der Waals surface area contributed by atoms with Crippen molar-refractivity contribution < 1.29 is 9.21 Å². The van der Waals surface area contributed by atoms with E-state index in [0.717, 1.165) is 18.6 Å². The smallest absolute Gasteiger partial charge is 0.254 e. The highest BCUT2D eigenvalue weighted by atomic mass is 16.3. The zero-order chi connectivity index (χ0) is 13.7. The van der Waals surface area contributed by atoms with E-state index >= 15 is 0 Å². The lowest BCUT2D eigenvalue weighted by Crippen LogP contribution is -2.24. The number of hydrogen-bond donors (Lipinski definition) is 1. The molecule has 3 nitrogen and oxygen atoms in total. The summed E-state index contributed by atoms with van der Waals surface area (Å²) in [6, 6.07) is 12.1. The maximum atomic E-state index is 11.9. The Morgan fingerprint density at radius 2 is 1.95 bits per heavy atom. The van der Waals surface area contributed by atoms with Gasteiger partial charge in [-0.3, -0.25) is 4.79 Å². The molecule has 0 bridgehead atoms. The molecular weight excluding hydrogens is 238 g/mol. The van der Waals surface area contributed by atoms with Gasteiger partial charge in [-0.25, -0.2) is 0 Å². The molecule has 1 heterocycles. The van der Waals surface area contributed by atoms with E-state index in [0.29, 0.717) is 17.9 Å². The van der Waals surface area contributed by atoms with E-state index in [-0.39, 0.29) is 5.91 Å². The minimum absolute atomic E-state index is 0.0533. The van der Waals surface area contributed by atoms with Crippen LogP contribution in [0.1, 0.15) is 33.9 Å². The van der Waals surface area contributed by atoms with Gasteiger partial charge < -0.3 is 9.73 Å². The van der Waals surface area contributed by atoms with E-state index in [1.165, 1.54) is 5.56 Å². The number of amides is 1. The third kappa shape index (κ3) is 3.71. The van der Waals surface area contributed by atoms with Crippen LogP contribution in [-0.2, 0) is 6.42 Å². The van der Waals surface area contributed by atoms with Crippen molar-refractivity contribution in [2.45, 2.75) is 26.7 Å². The van der Waals surface area contributed by atoms with E-state index in [1.807, 2.05) is 32.0 Å². The summed E-state index contributed by atoms with van der Waals surface area (Å²) >= 11 is 0. The van der Waals surface area contributed by atoms with Crippen molar-refractivity contribution in [2.75, 3.05) is 6.54 Å². The highest BCUT2D eigenvalue weighted by molar-refractivity contribution is 5.95. The normalized spacial score (nSPS) is 10.4. The van der Waals surface area contributed by atoms with E-state index < -0.39 is 0 Å². The van der Waals surface area contributed by atoms with Crippen molar-refractivity contribution in [3.63, 3.8) is 0 Å². The number of aryl methyl sites for hydroxylation is 3. The average molecular weight is 257 g/mol. The molecule has 0 saturated carbocycles. The van der Waals surface area contributed by atoms with Crippen LogP contribution in [-0.4, -0.2) is 12.5 Å². The van der Waals surface area contributed by atoms with Crippen LogP contribution in [0.5, 0.6) is 0 Å². The molecule has 0 spiro atoms. The van der Waals surface area contributed by atoms with Gasteiger partial charge in [0.25, 0.3) is 5.91 Å². The Labute approximate surface area is 113 Å². The number of carbonyl (C=O) groups excluding carboxylic acids is 1. The molecule has 1 aromatic heterocycles. The lowest BCUT2D eigenvalue weighted by Gasteiger charge is -2.04. The first-order valence-electron chi connectivity index (χ1n) is 6.56. The molecule has 0 unspecified atom stereocenters. The summed E-state index contributed by atoms with van der Waals surface area (Å²) in [6.07, 6.45) is 1.91. The summed E-state index contributed by atoms with van der Waals surface area (Å²) in [6.45, 7) is 4.34. The summed E-state index contributed by atoms with van der Waals surface area (Å²) in [7, 11) is 0. The first-order valence-corrected chi connectivity index (χ1v) is 6.56. The molecule has 0 fully saturated rings. The predicted octanol–water partition coefficient (Wildman–Crippen LogP) is 3.26. The summed E-state index contributed by atoms with van der Waals surface area (Å²) in [5.74, 6) is 1.40. The van der Waals surface area contributed by atoms with Gasteiger partial charge >= 0.3 is 0 Å². The van der Waals surface area contributed by atoms with Crippen molar-refractivity contribution in [3.8, 4) is 0 Å². The van der Waals surface area contributed by atoms with Crippen molar-refractivity contribution in [3.05, 3.63) is 59.0 Å². The summed E-state index contributed by atoms with van der Waals surface area (Å²) in [5, 5.41) is 2.92. The van der Waals surface area contributed by atoms with E-state index in [2.05, 4.69) is 17.4 Å². The van der Waals surface area contributed by atoms with E-state index in [4.69, 9.17) is 4.42 Å². The first-order chi connectivity index (χ1) is 9.16. The number of furan rings is 1. The number of hydrogen-bond acceptors (Lipinski definition) is 2. The third-order valence-electron chi connectivity index (χ3n) is 3.06. The zero-order valence-electron chi connectivity index (χ0n) is 11.4. The predicted molar refractivity (Wildman–Crippen MR) is 75.3 cm³/mol. The fourth-order valence-corrected chi connectivity index (χ4v) is 2.09. The highest BCUT2D eigenvalue weighted by Crippen LogP contribution is 2.13. The zero-order valence-corrected chi connectivity index (χ0v) is 11.4. The SMILES string of the molecule is Cc1cc(C(=O)NCCCc2ccccc2)c(C)o1. The molecule has 1 N–H and O–H groups in total. The topological polar surface area (TPSA) is 42.2 Å². The molecule has 0 atom stereocenters. The largest absolute Gasteiger partial charge is 0.466 e. The van der Waals surface area contributed by atoms with Gasteiger partial charge in [-0.2, -0.15) is 0 Å². The van der Waals surface area contributed by atoms with Gasteiger partial charge in [-0.05, 0) is 38.3 Å². The van der Waals surface area contributed by atoms with Crippen LogP contribution >= 0.6 is 0 Å². The Balaban J connectivity index is 1.77. The van der Waals surface area contributed by atoms with Crippen molar-refractivity contribution in [1.29, 1.82) is 0 Å². The van der Waals surface area contributed by atoms with Crippen LogP contribution in [0.15, 0.2) is 40.8 Å². The molecule has 0 aliphatic carbocycles. The molecule has 1 amide bonds. The molecular formula is C16H19NO2. The van der Waals surface area contributed by atoms with Crippen LogP contribution in [0.4, 0.5) is 0 Å². The molecule has 0 aliphatic rings. The van der Waals surface area contributed by atoms with Crippen LogP contribution in [0.2, 0.25) is 0 Å². The maximum Gasteiger partial charge on any atom is 0.254 e. The van der Waals surface area contributed by atoms with Gasteiger partial charge in [0.2, 0.25) is 0 Å². The first kappa shape index (κ1) is 13.4. The van der Waals surface area contributed by atoms with Crippen LogP contribution < -0.4 is 5.32 Å². The summed E-state index contributed by atoms with van der Waals surface area (Å²) in [5.41, 5.74) is 1.93. The van der Waals surface area contributed by atoms with E-state index in [9.17, 15) is 4.79 Å². The molecule has 100 valence electrons. The Morgan fingerprint density at radius 3 is 2.58 bits per heavy atom. The van der Waals surface area contributed by atoms with Gasteiger partial charge in [-0.15, -0.1) is 0 Å². The lowest BCUT2D eigenvalue weighted by molar-refractivity contribution is 0.0951. The van der Waals surface area contributed by atoms with Gasteiger partial charge in [0.15, 0.2) is 0 Å². The maximum absolute atomic E-state index is 11.9. The lowest BCUT2D eigenvalue weighted by atomic mass is 10.1. The molecule has 19 heavy (non-hydrogen) atoms. The number of carbonyl (C=O) groups is 1. The molecule has 1 aromatic carbocycles. The Hall–Kier alpha value is -2.03. The second kappa shape index (κ2) is 6.23. The van der Waals surface area contributed by atoms with Gasteiger partial charge in [0.05, 0.1) is 5.56 Å². The minimum Gasteiger partial charge on any atom is -0.466 e. The van der Waals surface area contributed by atoms with Gasteiger partial charge in [-0.1, -0.05) is 30.3 Å². The Morgan fingerprint density at radius 1 is 1.21 bits per heavy atom. The van der Waals surface area contributed by atoms with Gasteiger partial charge in [0.1, 0.15) is 11.5 Å². The fourth-order valence-electron chi connectivity index (χ4n) is 2.09. The number of rotatable bonds is 5.